The van der Waals surface area contributed by atoms with Crippen molar-refractivity contribution < 1.29 is 0 Å². The van der Waals surface area contributed by atoms with Gasteiger partial charge in [0, 0.05) is 67.2 Å². The minimum atomic E-state index is -0.0492. The van der Waals surface area contributed by atoms with Gasteiger partial charge in [0.05, 0.1) is 0 Å². The van der Waals surface area contributed by atoms with E-state index in [1.165, 1.54) is 6.07 Å². The maximum absolute atomic E-state index is 11.9. The molecule has 1 aliphatic rings. The predicted molar refractivity (Wildman–Crippen MR) is 128 cm³/mol. The van der Waals surface area contributed by atoms with E-state index in [2.05, 4.69) is 43.6 Å². The van der Waals surface area contributed by atoms with E-state index >= 15 is 0 Å². The number of hydrogen-bond acceptors (Lipinski definition) is 5. The molecular formula is C24H36ClN5O. The van der Waals surface area contributed by atoms with Crippen LogP contribution < -0.4 is 10.5 Å². The third kappa shape index (κ3) is 6.78. The summed E-state index contributed by atoms with van der Waals surface area (Å²) in [5, 5.41) is 0.499. The van der Waals surface area contributed by atoms with Crippen LogP contribution in [-0.2, 0) is 18.4 Å². The number of aromatic nitrogens is 3. The van der Waals surface area contributed by atoms with Gasteiger partial charge in [-0.3, -0.25) is 9.69 Å². The fourth-order valence-corrected chi connectivity index (χ4v) is 4.00. The van der Waals surface area contributed by atoms with E-state index in [1.54, 1.807) is 16.8 Å². The molecule has 0 aromatic carbocycles. The Hall–Kier alpha value is -1.92. The fraction of sp³-hybridized carbons (Fsp3) is 0.625. The number of pyridine rings is 1. The molecule has 1 aliphatic heterocycles. The van der Waals surface area contributed by atoms with Crippen molar-refractivity contribution in [3.05, 3.63) is 51.3 Å². The van der Waals surface area contributed by atoms with E-state index in [4.69, 9.17) is 21.6 Å². The number of hydrogen-bond donors (Lipinski definition) is 0. The Labute approximate surface area is 191 Å². The molecule has 0 spiro atoms. The fourth-order valence-electron chi connectivity index (χ4n) is 3.85. The van der Waals surface area contributed by atoms with Gasteiger partial charge in [0.15, 0.2) is 0 Å². The van der Waals surface area contributed by atoms with Crippen molar-refractivity contribution in [3.63, 3.8) is 0 Å². The number of nitrogens with zero attached hydrogens (tertiary/aromatic N) is 5. The van der Waals surface area contributed by atoms with Crippen LogP contribution in [-0.4, -0.2) is 52.2 Å². The summed E-state index contributed by atoms with van der Waals surface area (Å²) in [6, 6.07) is 5.43. The third-order valence-electron chi connectivity index (χ3n) is 5.72. The van der Waals surface area contributed by atoms with Crippen molar-refractivity contribution in [1.29, 1.82) is 0 Å². The van der Waals surface area contributed by atoms with E-state index in [0.717, 1.165) is 82.3 Å². The lowest BCUT2D eigenvalue weighted by Crippen LogP contribution is -2.47. The number of rotatable bonds is 8. The average molecular weight is 446 g/mol. The molecule has 0 aliphatic carbocycles. The molecule has 6 nitrogen and oxygen atoms in total. The second-order valence-electron chi connectivity index (χ2n) is 9.45. The van der Waals surface area contributed by atoms with Crippen LogP contribution in [0, 0.1) is 0 Å². The highest BCUT2D eigenvalue weighted by molar-refractivity contribution is 6.30. The minimum absolute atomic E-state index is 0.0250. The molecule has 0 N–H and O–H groups in total. The van der Waals surface area contributed by atoms with Crippen molar-refractivity contribution in [3.8, 4) is 0 Å². The van der Waals surface area contributed by atoms with Crippen LogP contribution in [0.2, 0.25) is 5.02 Å². The summed E-state index contributed by atoms with van der Waals surface area (Å²) in [5.41, 5.74) is 1.08. The number of piperazine rings is 1. The topological polar surface area (TPSA) is 54.3 Å². The molecule has 0 saturated carbocycles. The second kappa shape index (κ2) is 10.6. The Morgan fingerprint density at radius 1 is 1.03 bits per heavy atom. The molecule has 2 aromatic heterocycles. The molecule has 2 aromatic rings. The molecule has 1 saturated heterocycles. The smallest absolute Gasteiger partial charge is 0.251 e. The Balaban J connectivity index is 1.50. The highest BCUT2D eigenvalue weighted by atomic mass is 35.5. The lowest BCUT2D eigenvalue weighted by Gasteiger charge is -2.36. The van der Waals surface area contributed by atoms with Crippen LogP contribution >= 0.6 is 11.6 Å². The zero-order valence-electron chi connectivity index (χ0n) is 19.4. The molecular weight excluding hydrogens is 410 g/mol. The predicted octanol–water partition coefficient (Wildman–Crippen LogP) is 4.14. The first-order valence-corrected chi connectivity index (χ1v) is 11.9. The quantitative estimate of drug-likeness (QED) is 0.571. The molecule has 7 heteroatoms. The maximum Gasteiger partial charge on any atom is 0.251 e. The van der Waals surface area contributed by atoms with Crippen LogP contribution in [0.15, 0.2) is 29.2 Å². The molecule has 1 fully saturated rings. The molecule has 0 atom stereocenters. The molecule has 170 valence electrons. The summed E-state index contributed by atoms with van der Waals surface area (Å²) in [7, 11) is 0. The van der Waals surface area contributed by atoms with Crippen LogP contribution in [0.1, 0.15) is 58.5 Å². The van der Waals surface area contributed by atoms with Crippen LogP contribution in [0.5, 0.6) is 0 Å². The van der Waals surface area contributed by atoms with Gasteiger partial charge in [-0.15, -0.1) is 0 Å². The zero-order chi connectivity index (χ0) is 22.4. The second-order valence-corrected chi connectivity index (χ2v) is 9.89. The highest BCUT2D eigenvalue weighted by Gasteiger charge is 2.23. The standard InChI is InChI=1S/C24H36ClN5O/c1-5-8-20-18-21(27-23(26-20)24(2,3)4)29-15-13-28(14-16-29)10-6-7-11-30-12-9-19(25)17-22(30)31/h9,12,17-18H,5-8,10-11,13-16H2,1-4H3. The molecule has 0 unspecified atom stereocenters. The van der Waals surface area contributed by atoms with Crippen LogP contribution in [0.4, 0.5) is 5.82 Å². The number of halogens is 1. The lowest BCUT2D eigenvalue weighted by atomic mass is 9.95. The Kier molecular flexibility index (Phi) is 8.11. The average Bonchev–Trinajstić information content (AvgIpc) is 2.72. The van der Waals surface area contributed by atoms with E-state index in [-0.39, 0.29) is 11.0 Å². The van der Waals surface area contributed by atoms with Gasteiger partial charge >= 0.3 is 0 Å². The van der Waals surface area contributed by atoms with Crippen LogP contribution in [0.3, 0.4) is 0 Å². The molecule has 0 bridgehead atoms. The van der Waals surface area contributed by atoms with E-state index < -0.39 is 0 Å². The highest BCUT2D eigenvalue weighted by Crippen LogP contribution is 2.23. The van der Waals surface area contributed by atoms with Gasteiger partial charge in [-0.1, -0.05) is 45.7 Å². The van der Waals surface area contributed by atoms with Crippen molar-refractivity contribution in [2.24, 2.45) is 0 Å². The number of aryl methyl sites for hydroxylation is 2. The Morgan fingerprint density at radius 2 is 1.74 bits per heavy atom. The van der Waals surface area contributed by atoms with Crippen molar-refractivity contribution in [2.75, 3.05) is 37.6 Å². The summed E-state index contributed by atoms with van der Waals surface area (Å²) in [6.45, 7) is 14.6. The molecule has 31 heavy (non-hydrogen) atoms. The lowest BCUT2D eigenvalue weighted by molar-refractivity contribution is 0.250. The van der Waals surface area contributed by atoms with Crippen molar-refractivity contribution >= 4 is 17.4 Å². The van der Waals surface area contributed by atoms with E-state index in [0.29, 0.717) is 5.02 Å². The van der Waals surface area contributed by atoms with Gasteiger partial charge in [0.25, 0.3) is 5.56 Å². The molecule has 0 amide bonds. The van der Waals surface area contributed by atoms with Gasteiger partial charge < -0.3 is 9.47 Å². The largest absolute Gasteiger partial charge is 0.354 e. The van der Waals surface area contributed by atoms with E-state index in [9.17, 15) is 4.79 Å². The first-order chi connectivity index (χ1) is 14.8. The summed E-state index contributed by atoms with van der Waals surface area (Å²) < 4.78 is 1.74. The van der Waals surface area contributed by atoms with Gasteiger partial charge in [-0.05, 0) is 31.9 Å². The molecule has 3 heterocycles. The Morgan fingerprint density at radius 3 is 2.39 bits per heavy atom. The van der Waals surface area contributed by atoms with E-state index in [1.807, 2.05) is 0 Å². The van der Waals surface area contributed by atoms with Gasteiger partial charge in [0.2, 0.25) is 0 Å². The van der Waals surface area contributed by atoms with Crippen molar-refractivity contribution in [2.45, 2.75) is 65.3 Å². The van der Waals surface area contributed by atoms with Gasteiger partial charge in [-0.2, -0.15) is 0 Å². The van der Waals surface area contributed by atoms with Gasteiger partial charge in [0.1, 0.15) is 11.6 Å². The van der Waals surface area contributed by atoms with Crippen LogP contribution in [0.25, 0.3) is 0 Å². The van der Waals surface area contributed by atoms with Gasteiger partial charge in [-0.25, -0.2) is 9.97 Å². The summed E-state index contributed by atoms with van der Waals surface area (Å²) >= 11 is 5.86. The zero-order valence-corrected chi connectivity index (χ0v) is 20.2. The third-order valence-corrected chi connectivity index (χ3v) is 5.96. The summed E-state index contributed by atoms with van der Waals surface area (Å²) in [6.07, 6.45) is 5.94. The number of anilines is 1. The SMILES string of the molecule is CCCc1cc(N2CCN(CCCCn3ccc(Cl)cc3=O)CC2)nc(C(C)(C)C)n1. The Bertz CT molecular complexity index is 913. The maximum atomic E-state index is 11.9. The number of unbranched alkanes of at least 4 members (excludes halogenated alkanes) is 1. The molecule has 3 rings (SSSR count). The first kappa shape index (κ1) is 23.7. The first-order valence-electron chi connectivity index (χ1n) is 11.5. The monoisotopic (exact) mass is 445 g/mol. The minimum Gasteiger partial charge on any atom is -0.354 e. The normalized spacial score (nSPS) is 15.5. The molecule has 0 radical (unpaired) electrons. The van der Waals surface area contributed by atoms with Crippen molar-refractivity contribution in [1.82, 2.24) is 19.4 Å². The summed E-state index contributed by atoms with van der Waals surface area (Å²) in [4.78, 5) is 26.6. The summed E-state index contributed by atoms with van der Waals surface area (Å²) in [5.74, 6) is 2.01.